The highest BCUT2D eigenvalue weighted by molar-refractivity contribution is 5.86. The maximum atomic E-state index is 12.4. The first-order valence-corrected chi connectivity index (χ1v) is 7.48. The summed E-state index contributed by atoms with van der Waals surface area (Å²) < 4.78 is 5.17. The Labute approximate surface area is 113 Å². The molecule has 0 spiro atoms. The standard InChI is InChI=1S/C14H22N2O3/c17-13(15-10-5-2-1-3-6-10)12-9-19-14(18)11-7-4-8-16(11)12/h10-12H,1-9H2,(H,15,17)/t11-,12?/m0/s1. The highest BCUT2D eigenvalue weighted by Gasteiger charge is 2.44. The van der Waals surface area contributed by atoms with E-state index in [1.54, 1.807) is 0 Å². The van der Waals surface area contributed by atoms with Crippen molar-refractivity contribution in [2.45, 2.75) is 63.1 Å². The van der Waals surface area contributed by atoms with E-state index in [4.69, 9.17) is 4.74 Å². The van der Waals surface area contributed by atoms with Gasteiger partial charge in [0.05, 0.1) is 0 Å². The number of fused-ring (bicyclic) bond motifs is 1. The molecule has 2 heterocycles. The van der Waals surface area contributed by atoms with Crippen LogP contribution in [-0.4, -0.2) is 48.1 Å². The number of carbonyl (C=O) groups is 2. The Bertz CT molecular complexity index is 366. The molecule has 2 aliphatic heterocycles. The smallest absolute Gasteiger partial charge is 0.323 e. The van der Waals surface area contributed by atoms with Gasteiger partial charge in [-0.25, -0.2) is 0 Å². The van der Waals surface area contributed by atoms with Crippen LogP contribution in [0.1, 0.15) is 44.9 Å². The van der Waals surface area contributed by atoms with Crippen LogP contribution in [0.5, 0.6) is 0 Å². The summed E-state index contributed by atoms with van der Waals surface area (Å²) in [7, 11) is 0. The van der Waals surface area contributed by atoms with Crippen molar-refractivity contribution in [1.29, 1.82) is 0 Å². The second-order valence-electron chi connectivity index (χ2n) is 5.89. The summed E-state index contributed by atoms with van der Waals surface area (Å²) in [4.78, 5) is 26.0. The van der Waals surface area contributed by atoms with Crippen molar-refractivity contribution < 1.29 is 14.3 Å². The number of ether oxygens (including phenoxy) is 1. The molecule has 1 aliphatic carbocycles. The number of amides is 1. The van der Waals surface area contributed by atoms with Crippen LogP contribution in [0.15, 0.2) is 0 Å². The van der Waals surface area contributed by atoms with Crippen LogP contribution in [0.25, 0.3) is 0 Å². The number of nitrogens with zero attached hydrogens (tertiary/aromatic N) is 1. The van der Waals surface area contributed by atoms with Crippen molar-refractivity contribution in [3.05, 3.63) is 0 Å². The number of rotatable bonds is 2. The fourth-order valence-electron chi connectivity index (χ4n) is 3.54. The molecule has 106 valence electrons. The molecule has 1 amide bonds. The lowest BCUT2D eigenvalue weighted by atomic mass is 9.95. The average molecular weight is 266 g/mol. The quantitative estimate of drug-likeness (QED) is 0.752. The van der Waals surface area contributed by atoms with Gasteiger partial charge < -0.3 is 10.1 Å². The summed E-state index contributed by atoms with van der Waals surface area (Å²) in [5.74, 6) is -0.106. The Kier molecular flexibility index (Phi) is 3.73. The van der Waals surface area contributed by atoms with Crippen molar-refractivity contribution in [3.8, 4) is 0 Å². The Morgan fingerprint density at radius 3 is 2.74 bits per heavy atom. The normalized spacial score (nSPS) is 32.7. The van der Waals surface area contributed by atoms with Gasteiger partial charge in [-0.05, 0) is 32.2 Å². The Hall–Kier alpha value is -1.10. The van der Waals surface area contributed by atoms with E-state index >= 15 is 0 Å². The molecule has 0 aromatic heterocycles. The highest BCUT2D eigenvalue weighted by Crippen LogP contribution is 2.26. The molecular formula is C14H22N2O3. The SMILES string of the molecule is O=C(NC1CCCCC1)C1COC(=O)[C@@H]2CCCN12. The Balaban J connectivity index is 1.61. The van der Waals surface area contributed by atoms with Gasteiger partial charge in [-0.15, -0.1) is 0 Å². The number of morpholine rings is 1. The van der Waals surface area contributed by atoms with E-state index < -0.39 is 0 Å². The molecule has 0 bridgehead atoms. The fraction of sp³-hybridized carbons (Fsp3) is 0.857. The number of carbonyl (C=O) groups excluding carboxylic acids is 2. The van der Waals surface area contributed by atoms with E-state index in [0.29, 0.717) is 6.04 Å². The zero-order valence-electron chi connectivity index (χ0n) is 11.3. The van der Waals surface area contributed by atoms with E-state index in [-0.39, 0.29) is 30.6 Å². The second kappa shape index (κ2) is 5.49. The molecule has 1 saturated carbocycles. The van der Waals surface area contributed by atoms with E-state index in [1.807, 2.05) is 4.90 Å². The molecule has 3 rings (SSSR count). The molecule has 2 atom stereocenters. The average Bonchev–Trinajstić information content (AvgIpc) is 2.90. The summed E-state index contributed by atoms with van der Waals surface area (Å²) >= 11 is 0. The number of hydrogen-bond donors (Lipinski definition) is 1. The molecule has 2 saturated heterocycles. The Morgan fingerprint density at radius 1 is 1.16 bits per heavy atom. The lowest BCUT2D eigenvalue weighted by molar-refractivity contribution is -0.162. The minimum absolute atomic E-state index is 0.0475. The Morgan fingerprint density at radius 2 is 1.95 bits per heavy atom. The number of cyclic esters (lactones) is 1. The van der Waals surface area contributed by atoms with Crippen LogP contribution in [0.2, 0.25) is 0 Å². The lowest BCUT2D eigenvalue weighted by Crippen LogP contribution is -2.58. The maximum Gasteiger partial charge on any atom is 0.323 e. The molecular weight excluding hydrogens is 244 g/mol. The molecule has 3 fully saturated rings. The topological polar surface area (TPSA) is 58.6 Å². The number of esters is 1. The van der Waals surface area contributed by atoms with Gasteiger partial charge in [-0.2, -0.15) is 0 Å². The van der Waals surface area contributed by atoms with Crippen molar-refractivity contribution in [3.63, 3.8) is 0 Å². The molecule has 5 nitrogen and oxygen atoms in total. The van der Waals surface area contributed by atoms with Gasteiger partial charge in [0.25, 0.3) is 0 Å². The maximum absolute atomic E-state index is 12.4. The number of hydrogen-bond acceptors (Lipinski definition) is 4. The highest BCUT2D eigenvalue weighted by atomic mass is 16.5. The summed E-state index contributed by atoms with van der Waals surface area (Å²) in [6, 6.07) is -0.136. The third-order valence-corrected chi connectivity index (χ3v) is 4.60. The van der Waals surface area contributed by atoms with Gasteiger partial charge >= 0.3 is 5.97 Å². The van der Waals surface area contributed by atoms with Gasteiger partial charge in [-0.1, -0.05) is 19.3 Å². The van der Waals surface area contributed by atoms with Crippen LogP contribution in [0.4, 0.5) is 0 Å². The first kappa shape index (κ1) is 12.9. The third kappa shape index (κ3) is 2.61. The fourth-order valence-corrected chi connectivity index (χ4v) is 3.54. The summed E-state index contributed by atoms with van der Waals surface area (Å²) in [5.41, 5.74) is 0. The van der Waals surface area contributed by atoms with E-state index in [1.165, 1.54) is 19.3 Å². The first-order chi connectivity index (χ1) is 9.25. The molecule has 0 aromatic carbocycles. The minimum atomic E-state index is -0.271. The number of nitrogens with one attached hydrogen (secondary N) is 1. The van der Waals surface area contributed by atoms with Crippen molar-refractivity contribution >= 4 is 11.9 Å². The van der Waals surface area contributed by atoms with E-state index in [0.717, 1.165) is 32.2 Å². The molecule has 1 N–H and O–H groups in total. The van der Waals surface area contributed by atoms with Crippen molar-refractivity contribution in [2.75, 3.05) is 13.2 Å². The molecule has 5 heteroatoms. The first-order valence-electron chi connectivity index (χ1n) is 7.48. The summed E-state index contributed by atoms with van der Waals surface area (Å²) in [6.45, 7) is 1.05. The van der Waals surface area contributed by atoms with Crippen LogP contribution < -0.4 is 5.32 Å². The van der Waals surface area contributed by atoms with Crippen LogP contribution in [0, 0.1) is 0 Å². The molecule has 3 aliphatic rings. The van der Waals surface area contributed by atoms with Crippen LogP contribution >= 0.6 is 0 Å². The van der Waals surface area contributed by atoms with Gasteiger partial charge in [-0.3, -0.25) is 14.5 Å². The van der Waals surface area contributed by atoms with Crippen molar-refractivity contribution in [2.24, 2.45) is 0 Å². The summed E-state index contributed by atoms with van der Waals surface area (Å²) in [5, 5.41) is 3.14. The monoisotopic (exact) mass is 266 g/mol. The molecule has 19 heavy (non-hydrogen) atoms. The van der Waals surface area contributed by atoms with Crippen molar-refractivity contribution in [1.82, 2.24) is 10.2 Å². The zero-order chi connectivity index (χ0) is 13.2. The zero-order valence-corrected chi connectivity index (χ0v) is 11.3. The van der Waals surface area contributed by atoms with Gasteiger partial charge in [0.15, 0.2) is 0 Å². The molecule has 0 radical (unpaired) electrons. The van der Waals surface area contributed by atoms with Gasteiger partial charge in [0.1, 0.15) is 18.7 Å². The third-order valence-electron chi connectivity index (χ3n) is 4.60. The van der Waals surface area contributed by atoms with Crippen LogP contribution in [-0.2, 0) is 14.3 Å². The minimum Gasteiger partial charge on any atom is -0.462 e. The van der Waals surface area contributed by atoms with Gasteiger partial charge in [0, 0.05) is 6.04 Å². The van der Waals surface area contributed by atoms with E-state index in [9.17, 15) is 9.59 Å². The molecule has 1 unspecified atom stereocenters. The predicted molar refractivity (Wildman–Crippen MR) is 69.5 cm³/mol. The largest absolute Gasteiger partial charge is 0.462 e. The van der Waals surface area contributed by atoms with Crippen LogP contribution in [0.3, 0.4) is 0 Å². The second-order valence-corrected chi connectivity index (χ2v) is 5.89. The summed E-state index contributed by atoms with van der Waals surface area (Å²) in [6.07, 6.45) is 7.66. The molecule has 0 aromatic rings. The lowest BCUT2D eigenvalue weighted by Gasteiger charge is -2.36. The predicted octanol–water partition coefficient (Wildman–Crippen LogP) is 0.825. The van der Waals surface area contributed by atoms with E-state index in [2.05, 4.69) is 5.32 Å². The van der Waals surface area contributed by atoms with Gasteiger partial charge in [0.2, 0.25) is 5.91 Å².